The van der Waals surface area contributed by atoms with Gasteiger partial charge >= 0.3 is 0 Å². The van der Waals surface area contributed by atoms with Gasteiger partial charge in [-0.3, -0.25) is 0 Å². The first-order valence-corrected chi connectivity index (χ1v) is 7.10. The van der Waals surface area contributed by atoms with Crippen LogP contribution < -0.4 is 15.2 Å². The number of nitrogen functional groups attached to an aromatic ring is 1. The highest BCUT2D eigenvalue weighted by molar-refractivity contribution is 5.47. The number of ether oxygens (including phenoxy) is 2. The maximum Gasteiger partial charge on any atom is 0.169 e. The van der Waals surface area contributed by atoms with Crippen molar-refractivity contribution in [2.45, 2.75) is 6.61 Å². The lowest BCUT2D eigenvalue weighted by Crippen LogP contribution is -1.97. The van der Waals surface area contributed by atoms with Gasteiger partial charge in [-0.25, -0.2) is 0 Å². The van der Waals surface area contributed by atoms with Crippen molar-refractivity contribution in [2.24, 2.45) is 0 Å². The van der Waals surface area contributed by atoms with E-state index < -0.39 is 0 Å². The predicted molar refractivity (Wildman–Crippen MR) is 88.1 cm³/mol. The van der Waals surface area contributed by atoms with Crippen LogP contribution in [-0.4, -0.2) is 0 Å². The molecular formula is C19H17NO2. The van der Waals surface area contributed by atoms with Gasteiger partial charge in [0.15, 0.2) is 11.5 Å². The molecule has 0 amide bonds. The van der Waals surface area contributed by atoms with Crippen LogP contribution in [0.3, 0.4) is 0 Å². The Morgan fingerprint density at radius 1 is 0.727 bits per heavy atom. The Labute approximate surface area is 129 Å². The molecule has 22 heavy (non-hydrogen) atoms. The Kier molecular flexibility index (Phi) is 4.25. The molecule has 3 heteroatoms. The smallest absolute Gasteiger partial charge is 0.169 e. The van der Waals surface area contributed by atoms with Crippen LogP contribution in [0.15, 0.2) is 78.9 Å². The topological polar surface area (TPSA) is 44.5 Å². The highest BCUT2D eigenvalue weighted by atomic mass is 16.5. The van der Waals surface area contributed by atoms with Crippen molar-refractivity contribution in [3.05, 3.63) is 84.4 Å². The molecule has 0 saturated heterocycles. The average molecular weight is 291 g/mol. The second kappa shape index (κ2) is 6.68. The Hall–Kier alpha value is -2.94. The minimum Gasteiger partial charge on any atom is -0.485 e. The maximum absolute atomic E-state index is 5.87. The van der Waals surface area contributed by atoms with Crippen LogP contribution in [-0.2, 0) is 6.61 Å². The fourth-order valence-corrected chi connectivity index (χ4v) is 2.09. The van der Waals surface area contributed by atoms with E-state index >= 15 is 0 Å². The molecule has 110 valence electrons. The second-order valence-corrected chi connectivity index (χ2v) is 4.90. The molecule has 3 aromatic carbocycles. The third-order valence-electron chi connectivity index (χ3n) is 3.17. The van der Waals surface area contributed by atoms with Gasteiger partial charge in [0, 0.05) is 11.8 Å². The van der Waals surface area contributed by atoms with Gasteiger partial charge in [0.1, 0.15) is 12.4 Å². The van der Waals surface area contributed by atoms with Crippen LogP contribution in [0.1, 0.15) is 5.56 Å². The molecule has 0 aliphatic carbocycles. The molecule has 0 fully saturated rings. The summed E-state index contributed by atoms with van der Waals surface area (Å²) in [7, 11) is 0. The molecule has 0 spiro atoms. The van der Waals surface area contributed by atoms with Gasteiger partial charge in [-0.2, -0.15) is 0 Å². The molecule has 3 nitrogen and oxygen atoms in total. The fourth-order valence-electron chi connectivity index (χ4n) is 2.09. The van der Waals surface area contributed by atoms with Crippen molar-refractivity contribution in [3.8, 4) is 17.2 Å². The predicted octanol–water partition coefficient (Wildman–Crippen LogP) is 4.64. The van der Waals surface area contributed by atoms with Crippen molar-refractivity contribution in [2.75, 3.05) is 5.73 Å². The molecule has 0 saturated carbocycles. The van der Waals surface area contributed by atoms with Gasteiger partial charge in [-0.1, -0.05) is 48.5 Å². The van der Waals surface area contributed by atoms with E-state index in [1.54, 1.807) is 6.07 Å². The number of rotatable bonds is 5. The van der Waals surface area contributed by atoms with E-state index in [0.717, 1.165) is 5.56 Å². The number of anilines is 1. The number of benzene rings is 3. The molecule has 0 radical (unpaired) electrons. The third-order valence-corrected chi connectivity index (χ3v) is 3.17. The van der Waals surface area contributed by atoms with Gasteiger partial charge in [0.25, 0.3) is 0 Å². The lowest BCUT2D eigenvalue weighted by Gasteiger charge is -2.12. The van der Waals surface area contributed by atoms with Crippen LogP contribution in [0.2, 0.25) is 0 Å². The molecule has 3 rings (SSSR count). The summed E-state index contributed by atoms with van der Waals surface area (Å²) < 4.78 is 11.7. The lowest BCUT2D eigenvalue weighted by molar-refractivity contribution is 0.291. The zero-order valence-corrected chi connectivity index (χ0v) is 12.1. The van der Waals surface area contributed by atoms with E-state index in [4.69, 9.17) is 15.2 Å². The van der Waals surface area contributed by atoms with Crippen molar-refractivity contribution < 1.29 is 9.47 Å². The van der Waals surface area contributed by atoms with E-state index in [9.17, 15) is 0 Å². The Balaban J connectivity index is 1.75. The van der Waals surface area contributed by atoms with Gasteiger partial charge in [0.2, 0.25) is 0 Å². The van der Waals surface area contributed by atoms with Crippen molar-refractivity contribution in [3.63, 3.8) is 0 Å². The normalized spacial score (nSPS) is 10.2. The Bertz CT molecular complexity index is 741. The molecule has 0 bridgehead atoms. The first-order chi connectivity index (χ1) is 10.8. The van der Waals surface area contributed by atoms with Gasteiger partial charge in [0.05, 0.1) is 0 Å². The molecule has 0 atom stereocenters. The van der Waals surface area contributed by atoms with E-state index in [2.05, 4.69) is 0 Å². The largest absolute Gasteiger partial charge is 0.485 e. The van der Waals surface area contributed by atoms with E-state index in [0.29, 0.717) is 29.5 Å². The standard InChI is InChI=1S/C19H17NO2/c20-16-9-6-10-17(13-16)22-19-12-5-4-11-18(19)21-14-15-7-2-1-3-8-15/h1-13H,14,20H2. The molecule has 0 aliphatic heterocycles. The van der Waals surface area contributed by atoms with Gasteiger partial charge in [-0.05, 0) is 29.8 Å². The van der Waals surface area contributed by atoms with E-state index in [-0.39, 0.29) is 0 Å². The summed E-state index contributed by atoms with van der Waals surface area (Å²) >= 11 is 0. The fraction of sp³-hybridized carbons (Fsp3) is 0.0526. The Morgan fingerprint density at radius 2 is 1.45 bits per heavy atom. The monoisotopic (exact) mass is 291 g/mol. The SMILES string of the molecule is Nc1cccc(Oc2ccccc2OCc2ccccc2)c1. The molecule has 0 aliphatic rings. The number of para-hydroxylation sites is 2. The quantitative estimate of drug-likeness (QED) is 0.696. The minimum absolute atomic E-state index is 0.498. The van der Waals surface area contributed by atoms with Crippen molar-refractivity contribution in [1.82, 2.24) is 0 Å². The number of hydrogen-bond acceptors (Lipinski definition) is 3. The summed E-state index contributed by atoms with van der Waals surface area (Å²) in [5.41, 5.74) is 7.55. The first kappa shape index (κ1) is 14.0. The van der Waals surface area contributed by atoms with Crippen LogP contribution in [0, 0.1) is 0 Å². The van der Waals surface area contributed by atoms with Gasteiger partial charge in [-0.15, -0.1) is 0 Å². The van der Waals surface area contributed by atoms with E-state index in [1.165, 1.54) is 0 Å². The van der Waals surface area contributed by atoms with E-state index in [1.807, 2.05) is 72.8 Å². The van der Waals surface area contributed by atoms with Gasteiger partial charge < -0.3 is 15.2 Å². The first-order valence-electron chi connectivity index (χ1n) is 7.10. The van der Waals surface area contributed by atoms with Crippen molar-refractivity contribution in [1.29, 1.82) is 0 Å². The average Bonchev–Trinajstić information content (AvgIpc) is 2.55. The highest BCUT2D eigenvalue weighted by Crippen LogP contribution is 2.32. The summed E-state index contributed by atoms with van der Waals surface area (Å²) in [5, 5.41) is 0. The zero-order valence-electron chi connectivity index (χ0n) is 12.1. The molecule has 0 unspecified atom stereocenters. The molecular weight excluding hydrogens is 274 g/mol. The number of hydrogen-bond donors (Lipinski definition) is 1. The lowest BCUT2D eigenvalue weighted by atomic mass is 10.2. The summed E-state index contributed by atoms with van der Waals surface area (Å²) in [4.78, 5) is 0. The zero-order chi connectivity index (χ0) is 15.2. The second-order valence-electron chi connectivity index (χ2n) is 4.90. The molecule has 0 aromatic heterocycles. The summed E-state index contributed by atoms with van der Waals surface area (Å²) in [6, 6.07) is 25.0. The Morgan fingerprint density at radius 3 is 2.23 bits per heavy atom. The maximum atomic E-state index is 5.87. The summed E-state index contributed by atoms with van der Waals surface area (Å²) in [6.45, 7) is 0.498. The number of nitrogens with two attached hydrogens (primary N) is 1. The minimum atomic E-state index is 0.498. The highest BCUT2D eigenvalue weighted by Gasteiger charge is 2.06. The van der Waals surface area contributed by atoms with Crippen molar-refractivity contribution >= 4 is 5.69 Å². The molecule has 2 N–H and O–H groups in total. The molecule has 0 heterocycles. The molecule has 3 aromatic rings. The van der Waals surface area contributed by atoms with Crippen LogP contribution in [0.25, 0.3) is 0 Å². The summed E-state index contributed by atoms with van der Waals surface area (Å²) in [5.74, 6) is 2.06. The van der Waals surface area contributed by atoms with Crippen LogP contribution in [0.5, 0.6) is 17.2 Å². The van der Waals surface area contributed by atoms with Crippen LogP contribution >= 0.6 is 0 Å². The summed E-state index contributed by atoms with van der Waals surface area (Å²) in [6.07, 6.45) is 0. The third kappa shape index (κ3) is 3.58. The van der Waals surface area contributed by atoms with Crippen LogP contribution in [0.4, 0.5) is 5.69 Å².